The summed E-state index contributed by atoms with van der Waals surface area (Å²) in [7, 11) is 0. The number of hydrogen-bond donors (Lipinski definition) is 1. The Hall–Kier alpha value is -2.30. The normalized spacial score (nSPS) is 10.1. The molecule has 0 unspecified atom stereocenters. The molecule has 6 nitrogen and oxygen atoms in total. The maximum atomic E-state index is 12.5. The van der Waals surface area contributed by atoms with Crippen LogP contribution in [0.2, 0.25) is 0 Å². The third kappa shape index (κ3) is 2.20. The molecule has 1 aromatic rings. The van der Waals surface area contributed by atoms with Gasteiger partial charge in [0.15, 0.2) is 0 Å². The quantitative estimate of drug-likeness (QED) is 0.624. The van der Waals surface area contributed by atoms with E-state index in [2.05, 4.69) is 4.98 Å². The molecule has 0 radical (unpaired) electrons. The van der Waals surface area contributed by atoms with E-state index in [0.29, 0.717) is 0 Å². The number of pyridine rings is 1. The van der Waals surface area contributed by atoms with Crippen molar-refractivity contribution in [3.63, 3.8) is 0 Å². The molecule has 0 saturated carbocycles. The fraction of sp³-hybridized carbons (Fsp3) is 0.250. The highest BCUT2D eigenvalue weighted by molar-refractivity contribution is 5.55. The molecule has 0 saturated heterocycles. The number of rotatable bonds is 3. The number of nitrogens with two attached hydrogens (primary N) is 1. The molecule has 1 heterocycles. The first-order valence-corrected chi connectivity index (χ1v) is 4.06. The van der Waals surface area contributed by atoms with Crippen LogP contribution in [0.5, 0.6) is 0 Å². The molecule has 0 atom stereocenters. The van der Waals surface area contributed by atoms with Crippen LogP contribution in [0, 0.1) is 21.4 Å². The van der Waals surface area contributed by atoms with Crippen molar-refractivity contribution in [2.45, 2.75) is 12.8 Å². The van der Waals surface area contributed by atoms with Gasteiger partial charge in [-0.1, -0.05) is 0 Å². The highest BCUT2D eigenvalue weighted by Gasteiger charge is 2.26. The first-order chi connectivity index (χ1) is 7.47. The van der Waals surface area contributed by atoms with Crippen molar-refractivity contribution >= 4 is 11.5 Å². The summed E-state index contributed by atoms with van der Waals surface area (Å²) in [6.45, 7) is 0. The van der Waals surface area contributed by atoms with Crippen LogP contribution in [0.4, 0.5) is 20.3 Å². The fourth-order valence-corrected chi connectivity index (χ4v) is 1.16. The number of nitrogen functional groups attached to an aromatic ring is 1. The molecule has 0 aliphatic rings. The number of aromatic nitrogens is 1. The zero-order valence-electron chi connectivity index (χ0n) is 7.85. The molecular formula is C8H6F2N4O2. The molecule has 0 aliphatic heterocycles. The van der Waals surface area contributed by atoms with E-state index in [9.17, 15) is 18.9 Å². The summed E-state index contributed by atoms with van der Waals surface area (Å²) in [6, 6.07) is 2.53. The number of nitro groups is 1. The van der Waals surface area contributed by atoms with Crippen molar-refractivity contribution < 1.29 is 13.7 Å². The van der Waals surface area contributed by atoms with Crippen molar-refractivity contribution in [2.75, 3.05) is 5.73 Å². The highest BCUT2D eigenvalue weighted by atomic mass is 19.3. The standard InChI is InChI=1S/C8H6F2N4O2/c9-7(10)6-5(14(15)16)3-4(1-2-11)13-8(6)12/h3,7H,1H2,(H2,12,13). The lowest BCUT2D eigenvalue weighted by Crippen LogP contribution is -2.06. The molecule has 0 spiro atoms. The monoisotopic (exact) mass is 228 g/mol. The Balaban J connectivity index is 3.40. The van der Waals surface area contributed by atoms with E-state index < -0.39 is 28.4 Å². The van der Waals surface area contributed by atoms with E-state index in [1.54, 1.807) is 6.07 Å². The predicted molar refractivity (Wildman–Crippen MR) is 49.6 cm³/mol. The van der Waals surface area contributed by atoms with E-state index in [-0.39, 0.29) is 12.1 Å². The molecule has 0 bridgehead atoms. The van der Waals surface area contributed by atoms with E-state index >= 15 is 0 Å². The predicted octanol–water partition coefficient (Wildman–Crippen LogP) is 1.58. The van der Waals surface area contributed by atoms with E-state index in [1.807, 2.05) is 0 Å². The van der Waals surface area contributed by atoms with Gasteiger partial charge in [-0.05, 0) is 0 Å². The summed E-state index contributed by atoms with van der Waals surface area (Å²) >= 11 is 0. The summed E-state index contributed by atoms with van der Waals surface area (Å²) in [5, 5.41) is 18.9. The molecule has 8 heteroatoms. The Kier molecular flexibility index (Phi) is 3.30. The lowest BCUT2D eigenvalue weighted by Gasteiger charge is -2.06. The minimum atomic E-state index is -3.08. The second-order valence-corrected chi connectivity index (χ2v) is 2.82. The molecule has 0 fully saturated rings. The number of halogens is 2. The van der Waals surface area contributed by atoms with Crippen LogP contribution >= 0.6 is 0 Å². The van der Waals surface area contributed by atoms with Crippen molar-refractivity contribution in [3.05, 3.63) is 27.4 Å². The zero-order chi connectivity index (χ0) is 12.3. The van der Waals surface area contributed by atoms with Gasteiger partial charge in [0.1, 0.15) is 11.4 Å². The number of hydrogen-bond acceptors (Lipinski definition) is 5. The summed E-state index contributed by atoms with van der Waals surface area (Å²) in [5.74, 6) is -0.616. The lowest BCUT2D eigenvalue weighted by molar-refractivity contribution is -0.386. The Morgan fingerprint density at radius 1 is 1.69 bits per heavy atom. The van der Waals surface area contributed by atoms with Crippen molar-refractivity contribution in [3.8, 4) is 6.07 Å². The number of anilines is 1. The van der Waals surface area contributed by atoms with Crippen LogP contribution in [0.25, 0.3) is 0 Å². The Bertz CT molecular complexity index is 470. The molecule has 1 rings (SSSR count). The van der Waals surface area contributed by atoms with Crippen LogP contribution in [-0.2, 0) is 6.42 Å². The molecule has 16 heavy (non-hydrogen) atoms. The summed E-state index contributed by atoms with van der Waals surface area (Å²) < 4.78 is 25.0. The maximum Gasteiger partial charge on any atom is 0.283 e. The number of nitrogens with zero attached hydrogens (tertiary/aromatic N) is 3. The van der Waals surface area contributed by atoms with E-state index in [4.69, 9.17) is 11.0 Å². The minimum Gasteiger partial charge on any atom is -0.383 e. The van der Waals surface area contributed by atoms with Gasteiger partial charge < -0.3 is 5.73 Å². The molecule has 2 N–H and O–H groups in total. The van der Waals surface area contributed by atoms with Gasteiger partial charge >= 0.3 is 0 Å². The molecular weight excluding hydrogens is 222 g/mol. The van der Waals surface area contributed by atoms with Crippen molar-refractivity contribution in [1.29, 1.82) is 5.26 Å². The lowest BCUT2D eigenvalue weighted by atomic mass is 10.1. The van der Waals surface area contributed by atoms with E-state index in [1.165, 1.54) is 0 Å². The highest BCUT2D eigenvalue weighted by Crippen LogP contribution is 2.33. The molecule has 1 aromatic heterocycles. The molecule has 0 aliphatic carbocycles. The summed E-state index contributed by atoms with van der Waals surface area (Å²) in [4.78, 5) is 13.1. The Morgan fingerprint density at radius 2 is 2.31 bits per heavy atom. The van der Waals surface area contributed by atoms with Gasteiger partial charge in [-0.2, -0.15) is 5.26 Å². The van der Waals surface area contributed by atoms with Gasteiger partial charge in [0.2, 0.25) is 0 Å². The minimum absolute atomic E-state index is 0.00361. The van der Waals surface area contributed by atoms with Crippen LogP contribution < -0.4 is 5.73 Å². The third-order valence-electron chi connectivity index (χ3n) is 1.79. The van der Waals surface area contributed by atoms with Gasteiger partial charge in [0.25, 0.3) is 12.1 Å². The van der Waals surface area contributed by atoms with Gasteiger partial charge in [0.05, 0.1) is 23.1 Å². The molecule has 84 valence electrons. The van der Waals surface area contributed by atoms with Gasteiger partial charge in [-0.15, -0.1) is 0 Å². The third-order valence-corrected chi connectivity index (χ3v) is 1.79. The molecule has 0 aromatic carbocycles. The average Bonchev–Trinajstić information content (AvgIpc) is 2.16. The number of alkyl halides is 2. The SMILES string of the molecule is N#CCc1cc([N+](=O)[O-])c(C(F)F)c(N)n1. The van der Waals surface area contributed by atoms with Crippen molar-refractivity contribution in [2.24, 2.45) is 0 Å². The Labute approximate surface area is 88.5 Å². The van der Waals surface area contributed by atoms with Crippen LogP contribution in [0.15, 0.2) is 6.07 Å². The van der Waals surface area contributed by atoms with Gasteiger partial charge in [-0.25, -0.2) is 13.8 Å². The topological polar surface area (TPSA) is 106 Å². The molecule has 0 amide bonds. The first-order valence-electron chi connectivity index (χ1n) is 4.06. The second-order valence-electron chi connectivity index (χ2n) is 2.82. The van der Waals surface area contributed by atoms with Crippen LogP contribution in [-0.4, -0.2) is 9.91 Å². The largest absolute Gasteiger partial charge is 0.383 e. The number of nitriles is 1. The second kappa shape index (κ2) is 4.48. The van der Waals surface area contributed by atoms with E-state index in [0.717, 1.165) is 6.07 Å². The smallest absolute Gasteiger partial charge is 0.283 e. The average molecular weight is 228 g/mol. The van der Waals surface area contributed by atoms with Gasteiger partial charge in [-0.3, -0.25) is 10.1 Å². The van der Waals surface area contributed by atoms with Gasteiger partial charge in [0, 0.05) is 6.07 Å². The zero-order valence-corrected chi connectivity index (χ0v) is 7.85. The first kappa shape index (κ1) is 11.8. The fourth-order valence-electron chi connectivity index (χ4n) is 1.16. The summed E-state index contributed by atoms with van der Waals surface area (Å²) in [5.41, 5.74) is 3.46. The summed E-state index contributed by atoms with van der Waals surface area (Å²) in [6.07, 6.45) is -3.31. The van der Waals surface area contributed by atoms with Crippen molar-refractivity contribution in [1.82, 2.24) is 4.98 Å². The van der Waals surface area contributed by atoms with Crippen LogP contribution in [0.1, 0.15) is 17.7 Å². The maximum absolute atomic E-state index is 12.5. The Morgan fingerprint density at radius 3 is 2.75 bits per heavy atom. The van der Waals surface area contributed by atoms with Crippen LogP contribution in [0.3, 0.4) is 0 Å².